The highest BCUT2D eigenvalue weighted by Gasteiger charge is 2.10. The number of rotatable bonds is 6. The molecule has 2 N–H and O–H groups in total. The molecule has 7 heteroatoms. The van der Waals surface area contributed by atoms with Crippen molar-refractivity contribution in [2.45, 2.75) is 6.54 Å². The van der Waals surface area contributed by atoms with Crippen molar-refractivity contribution in [3.8, 4) is 22.9 Å². The largest absolute Gasteiger partial charge is 0.457 e. The van der Waals surface area contributed by atoms with Gasteiger partial charge in [-0.05, 0) is 42.5 Å². The van der Waals surface area contributed by atoms with E-state index in [1.807, 2.05) is 42.5 Å². The highest BCUT2D eigenvalue weighted by molar-refractivity contribution is 5.94. The SMILES string of the molecule is O=C(NCc1nc(-c2ccncc2)n[nH]1)c1cccc(Oc2ccccc2)c1. The zero-order valence-electron chi connectivity index (χ0n) is 14.9. The lowest BCUT2D eigenvalue weighted by Gasteiger charge is -2.08. The van der Waals surface area contributed by atoms with E-state index in [0.717, 1.165) is 5.56 Å². The summed E-state index contributed by atoms with van der Waals surface area (Å²) in [5.41, 5.74) is 1.36. The Hall–Kier alpha value is -4.00. The summed E-state index contributed by atoms with van der Waals surface area (Å²) in [4.78, 5) is 20.8. The van der Waals surface area contributed by atoms with Crippen molar-refractivity contribution in [1.82, 2.24) is 25.5 Å². The number of pyridine rings is 1. The second-order valence-corrected chi connectivity index (χ2v) is 5.97. The number of hydrogen-bond donors (Lipinski definition) is 2. The Labute approximate surface area is 161 Å². The molecular weight excluding hydrogens is 354 g/mol. The first-order valence-electron chi connectivity index (χ1n) is 8.71. The standard InChI is InChI=1S/C21H17N5O2/c27-21(16-5-4-8-18(13-16)28-17-6-2-1-3-7-17)23-14-19-24-20(26-25-19)15-9-11-22-12-10-15/h1-13H,14H2,(H,23,27)(H,24,25,26). The van der Waals surface area contributed by atoms with Crippen LogP contribution >= 0.6 is 0 Å². The molecule has 28 heavy (non-hydrogen) atoms. The van der Waals surface area contributed by atoms with Crippen molar-refractivity contribution in [2.24, 2.45) is 0 Å². The lowest BCUT2D eigenvalue weighted by atomic mass is 10.2. The molecule has 0 saturated carbocycles. The predicted molar refractivity (Wildman–Crippen MR) is 104 cm³/mol. The minimum Gasteiger partial charge on any atom is -0.457 e. The van der Waals surface area contributed by atoms with Gasteiger partial charge in [0.25, 0.3) is 5.91 Å². The van der Waals surface area contributed by atoms with Crippen LogP contribution in [0.5, 0.6) is 11.5 Å². The Bertz CT molecular complexity index is 1060. The number of aromatic nitrogens is 4. The molecule has 2 aromatic heterocycles. The van der Waals surface area contributed by atoms with Crippen LogP contribution in [0.3, 0.4) is 0 Å². The van der Waals surface area contributed by atoms with Crippen LogP contribution < -0.4 is 10.1 Å². The second-order valence-electron chi connectivity index (χ2n) is 5.97. The van der Waals surface area contributed by atoms with Crippen molar-refractivity contribution < 1.29 is 9.53 Å². The number of benzene rings is 2. The van der Waals surface area contributed by atoms with Gasteiger partial charge < -0.3 is 10.1 Å². The first kappa shape index (κ1) is 17.4. The first-order chi connectivity index (χ1) is 13.8. The number of aromatic amines is 1. The third-order valence-electron chi connectivity index (χ3n) is 3.96. The Kier molecular flexibility index (Phi) is 5.06. The average molecular weight is 371 g/mol. The van der Waals surface area contributed by atoms with Gasteiger partial charge in [0.05, 0.1) is 6.54 Å². The number of ether oxygens (including phenoxy) is 1. The lowest BCUT2D eigenvalue weighted by Crippen LogP contribution is -2.23. The van der Waals surface area contributed by atoms with Crippen LogP contribution in [0.25, 0.3) is 11.4 Å². The van der Waals surface area contributed by atoms with Crippen LogP contribution in [0, 0.1) is 0 Å². The van der Waals surface area contributed by atoms with E-state index in [1.165, 1.54) is 0 Å². The van der Waals surface area contributed by atoms with E-state index in [9.17, 15) is 4.79 Å². The third-order valence-corrected chi connectivity index (χ3v) is 3.96. The van der Waals surface area contributed by atoms with E-state index in [1.54, 1.807) is 36.7 Å². The van der Waals surface area contributed by atoms with E-state index in [-0.39, 0.29) is 12.5 Å². The summed E-state index contributed by atoms with van der Waals surface area (Å²) < 4.78 is 5.77. The molecule has 0 bridgehead atoms. The molecule has 4 rings (SSSR count). The van der Waals surface area contributed by atoms with Gasteiger partial charge in [-0.25, -0.2) is 4.98 Å². The Morgan fingerprint density at radius 2 is 1.75 bits per heavy atom. The molecule has 7 nitrogen and oxygen atoms in total. The van der Waals surface area contributed by atoms with Crippen LogP contribution in [0.4, 0.5) is 0 Å². The smallest absolute Gasteiger partial charge is 0.251 e. The van der Waals surface area contributed by atoms with Crippen LogP contribution in [-0.2, 0) is 6.54 Å². The van der Waals surface area contributed by atoms with Gasteiger partial charge in [-0.15, -0.1) is 0 Å². The summed E-state index contributed by atoms with van der Waals surface area (Å²) in [5, 5.41) is 9.83. The number of nitrogens with zero attached hydrogens (tertiary/aromatic N) is 3. The molecule has 2 aromatic carbocycles. The third kappa shape index (κ3) is 4.21. The quantitative estimate of drug-likeness (QED) is 0.540. The number of carbonyl (C=O) groups is 1. The number of amides is 1. The highest BCUT2D eigenvalue weighted by atomic mass is 16.5. The van der Waals surface area contributed by atoms with Gasteiger partial charge in [0.1, 0.15) is 17.3 Å². The highest BCUT2D eigenvalue weighted by Crippen LogP contribution is 2.21. The molecule has 1 amide bonds. The van der Waals surface area contributed by atoms with Crippen molar-refractivity contribution in [3.05, 3.63) is 90.5 Å². The average Bonchev–Trinajstić information content (AvgIpc) is 3.23. The lowest BCUT2D eigenvalue weighted by molar-refractivity contribution is 0.0949. The fourth-order valence-corrected chi connectivity index (χ4v) is 2.60. The molecule has 0 unspecified atom stereocenters. The number of nitrogens with one attached hydrogen (secondary N) is 2. The molecule has 4 aromatic rings. The van der Waals surface area contributed by atoms with Crippen LogP contribution in [-0.4, -0.2) is 26.1 Å². The van der Waals surface area contributed by atoms with Gasteiger partial charge >= 0.3 is 0 Å². The van der Waals surface area contributed by atoms with Crippen molar-refractivity contribution >= 4 is 5.91 Å². The molecule has 0 aliphatic rings. The molecule has 0 atom stereocenters. The maximum atomic E-state index is 12.5. The van der Waals surface area contributed by atoms with Crippen LogP contribution in [0.2, 0.25) is 0 Å². The zero-order valence-corrected chi connectivity index (χ0v) is 14.9. The maximum Gasteiger partial charge on any atom is 0.251 e. The molecular formula is C21H17N5O2. The maximum absolute atomic E-state index is 12.5. The molecule has 138 valence electrons. The number of H-pyrrole nitrogens is 1. The molecule has 0 saturated heterocycles. The molecule has 0 aliphatic heterocycles. The van der Waals surface area contributed by atoms with Gasteiger partial charge in [-0.2, -0.15) is 5.10 Å². The van der Waals surface area contributed by atoms with Crippen molar-refractivity contribution in [3.63, 3.8) is 0 Å². The predicted octanol–water partition coefficient (Wildman–Crippen LogP) is 3.59. The van der Waals surface area contributed by atoms with Crippen LogP contribution in [0.15, 0.2) is 79.1 Å². The summed E-state index contributed by atoms with van der Waals surface area (Å²) in [6.45, 7) is 0.237. The topological polar surface area (TPSA) is 92.8 Å². The number of carbonyl (C=O) groups excluding carboxylic acids is 1. The summed E-state index contributed by atoms with van der Waals surface area (Å²) in [6.07, 6.45) is 3.36. The summed E-state index contributed by atoms with van der Waals surface area (Å²) >= 11 is 0. The Balaban J connectivity index is 1.39. The minimum atomic E-state index is -0.222. The fourth-order valence-electron chi connectivity index (χ4n) is 2.60. The molecule has 2 heterocycles. The Morgan fingerprint density at radius 1 is 0.964 bits per heavy atom. The van der Waals surface area contributed by atoms with Gasteiger partial charge in [0.2, 0.25) is 0 Å². The molecule has 0 radical (unpaired) electrons. The monoisotopic (exact) mass is 371 g/mol. The molecule has 0 spiro atoms. The minimum absolute atomic E-state index is 0.222. The summed E-state index contributed by atoms with van der Waals surface area (Å²) in [6, 6.07) is 20.1. The van der Waals surface area contributed by atoms with Crippen molar-refractivity contribution in [2.75, 3.05) is 0 Å². The number of hydrogen-bond acceptors (Lipinski definition) is 5. The Morgan fingerprint density at radius 3 is 2.57 bits per heavy atom. The molecule has 0 fully saturated rings. The van der Waals surface area contributed by atoms with E-state index in [4.69, 9.17) is 4.74 Å². The van der Waals surface area contributed by atoms with Gasteiger partial charge in [-0.3, -0.25) is 14.9 Å². The first-order valence-corrected chi connectivity index (χ1v) is 8.71. The van der Waals surface area contributed by atoms with Gasteiger partial charge in [0, 0.05) is 23.5 Å². The van der Waals surface area contributed by atoms with E-state index >= 15 is 0 Å². The fraction of sp³-hybridized carbons (Fsp3) is 0.0476. The van der Waals surface area contributed by atoms with Crippen molar-refractivity contribution in [1.29, 1.82) is 0 Å². The van der Waals surface area contributed by atoms with E-state index in [0.29, 0.717) is 28.7 Å². The normalized spacial score (nSPS) is 10.4. The van der Waals surface area contributed by atoms with Gasteiger partial charge in [0.15, 0.2) is 5.82 Å². The summed E-state index contributed by atoms with van der Waals surface area (Å²) in [5.74, 6) is 2.21. The van der Waals surface area contributed by atoms with E-state index < -0.39 is 0 Å². The summed E-state index contributed by atoms with van der Waals surface area (Å²) in [7, 11) is 0. The van der Waals surface area contributed by atoms with E-state index in [2.05, 4.69) is 25.5 Å². The number of para-hydroxylation sites is 1. The molecule has 0 aliphatic carbocycles. The van der Waals surface area contributed by atoms with Gasteiger partial charge in [-0.1, -0.05) is 24.3 Å². The zero-order chi connectivity index (χ0) is 19.2. The second kappa shape index (κ2) is 8.13. The van der Waals surface area contributed by atoms with Crippen LogP contribution in [0.1, 0.15) is 16.2 Å².